The van der Waals surface area contributed by atoms with Crippen molar-refractivity contribution in [3.8, 4) is 0 Å². The van der Waals surface area contributed by atoms with E-state index in [1.54, 1.807) is 13.0 Å². The van der Waals surface area contributed by atoms with Crippen LogP contribution in [0.15, 0.2) is 34.9 Å². The number of amides is 2. The van der Waals surface area contributed by atoms with Gasteiger partial charge in [-0.3, -0.25) is 9.59 Å². The van der Waals surface area contributed by atoms with Gasteiger partial charge >= 0.3 is 0 Å². The molecule has 2 aromatic rings. The molecule has 0 aliphatic rings. The number of hydrogen-bond donors (Lipinski definition) is 1. The van der Waals surface area contributed by atoms with Gasteiger partial charge in [-0.05, 0) is 24.5 Å². The number of nitrogens with one attached hydrogen (secondary N) is 1. The summed E-state index contributed by atoms with van der Waals surface area (Å²) in [6, 6.07) is 9.22. The maximum Gasteiger partial charge on any atom is 0.245 e. The Bertz CT molecular complexity index is 707. The van der Waals surface area contributed by atoms with Crippen molar-refractivity contribution in [2.45, 2.75) is 33.6 Å². The van der Waals surface area contributed by atoms with E-state index in [0.717, 1.165) is 11.3 Å². The lowest BCUT2D eigenvalue weighted by Gasteiger charge is -2.24. The summed E-state index contributed by atoms with van der Waals surface area (Å²) in [4.78, 5) is 25.7. The molecule has 1 heterocycles. The van der Waals surface area contributed by atoms with E-state index in [4.69, 9.17) is 4.52 Å². The second-order valence-electron chi connectivity index (χ2n) is 5.69. The minimum absolute atomic E-state index is 0.0784. The number of anilines is 2. The molecule has 1 aromatic heterocycles. The van der Waals surface area contributed by atoms with Crippen LogP contribution in [-0.4, -0.2) is 23.5 Å². The van der Waals surface area contributed by atoms with E-state index >= 15 is 0 Å². The fraction of sp³-hybridized carbons (Fsp3) is 0.353. The summed E-state index contributed by atoms with van der Waals surface area (Å²) in [6.45, 7) is 7.21. The Labute approximate surface area is 135 Å². The fourth-order valence-electron chi connectivity index (χ4n) is 2.34. The normalized spacial score (nSPS) is 10.7. The van der Waals surface area contributed by atoms with Gasteiger partial charge in [0.2, 0.25) is 11.8 Å². The average Bonchev–Trinajstić information content (AvgIpc) is 2.89. The largest absolute Gasteiger partial charge is 0.360 e. The predicted octanol–water partition coefficient (Wildman–Crippen LogP) is 3.10. The monoisotopic (exact) mass is 315 g/mol. The van der Waals surface area contributed by atoms with Crippen molar-refractivity contribution < 1.29 is 14.1 Å². The summed E-state index contributed by atoms with van der Waals surface area (Å²) in [5.41, 5.74) is 1.77. The van der Waals surface area contributed by atoms with Crippen LogP contribution in [0, 0.1) is 6.92 Å². The summed E-state index contributed by atoms with van der Waals surface area (Å²) in [5, 5.41) is 6.34. The average molecular weight is 315 g/mol. The third-order valence-corrected chi connectivity index (χ3v) is 3.43. The molecular weight excluding hydrogens is 294 g/mol. The summed E-state index contributed by atoms with van der Waals surface area (Å²) in [6.07, 6.45) is 0. The molecule has 6 heteroatoms. The van der Waals surface area contributed by atoms with E-state index in [2.05, 4.69) is 24.3 Å². The molecule has 23 heavy (non-hydrogen) atoms. The summed E-state index contributed by atoms with van der Waals surface area (Å²) >= 11 is 0. The van der Waals surface area contributed by atoms with Crippen LogP contribution in [0.5, 0.6) is 0 Å². The minimum Gasteiger partial charge on any atom is -0.360 e. The van der Waals surface area contributed by atoms with E-state index < -0.39 is 0 Å². The van der Waals surface area contributed by atoms with Gasteiger partial charge in [-0.15, -0.1) is 0 Å². The number of hydrogen-bond acceptors (Lipinski definition) is 4. The smallest absolute Gasteiger partial charge is 0.245 e. The van der Waals surface area contributed by atoms with Gasteiger partial charge in [-0.2, -0.15) is 0 Å². The summed E-state index contributed by atoms with van der Waals surface area (Å²) in [5.74, 6) is 0.674. The maximum atomic E-state index is 12.2. The van der Waals surface area contributed by atoms with Crippen molar-refractivity contribution in [3.05, 3.63) is 41.7 Å². The second-order valence-corrected chi connectivity index (χ2v) is 5.69. The van der Waals surface area contributed by atoms with E-state index in [1.807, 2.05) is 24.3 Å². The third kappa shape index (κ3) is 4.18. The lowest BCUT2D eigenvalue weighted by atomic mass is 10.0. The molecule has 0 saturated carbocycles. The topological polar surface area (TPSA) is 75.4 Å². The van der Waals surface area contributed by atoms with Gasteiger partial charge in [-0.25, -0.2) is 0 Å². The Morgan fingerprint density at radius 1 is 1.30 bits per heavy atom. The molecule has 0 saturated heterocycles. The van der Waals surface area contributed by atoms with Crippen LogP contribution in [0.25, 0.3) is 0 Å². The Morgan fingerprint density at radius 2 is 2.00 bits per heavy atom. The first-order chi connectivity index (χ1) is 10.9. The molecule has 2 rings (SSSR count). The number of aryl methyl sites for hydroxylation is 1. The van der Waals surface area contributed by atoms with Crippen LogP contribution >= 0.6 is 0 Å². The molecular formula is C17H21N3O3. The molecule has 0 unspecified atom stereocenters. The first-order valence-electron chi connectivity index (χ1n) is 7.48. The van der Waals surface area contributed by atoms with Gasteiger partial charge in [0.1, 0.15) is 12.3 Å². The zero-order valence-corrected chi connectivity index (χ0v) is 13.8. The van der Waals surface area contributed by atoms with Crippen molar-refractivity contribution in [2.75, 3.05) is 16.8 Å². The number of benzene rings is 1. The lowest BCUT2D eigenvalue weighted by Crippen LogP contribution is -2.37. The number of carbonyl (C=O) groups is 2. The zero-order valence-electron chi connectivity index (χ0n) is 13.8. The highest BCUT2D eigenvalue weighted by molar-refractivity contribution is 6.01. The molecule has 6 nitrogen and oxygen atoms in total. The number of rotatable bonds is 5. The van der Waals surface area contributed by atoms with Crippen molar-refractivity contribution in [3.63, 3.8) is 0 Å². The molecule has 0 fully saturated rings. The number of aromatic nitrogens is 1. The van der Waals surface area contributed by atoms with E-state index in [0.29, 0.717) is 11.6 Å². The van der Waals surface area contributed by atoms with Crippen LogP contribution in [0.3, 0.4) is 0 Å². The molecule has 0 radical (unpaired) electrons. The Hall–Kier alpha value is -2.63. The van der Waals surface area contributed by atoms with Crippen LogP contribution < -0.4 is 10.2 Å². The number of carbonyl (C=O) groups excluding carboxylic acids is 2. The standard InChI is InChI=1S/C17H21N3O3/c1-11(2)14-7-5-6-8-15(14)20(13(4)21)10-17(22)18-16-9-12(3)23-19-16/h5-9,11H,10H2,1-4H3,(H,18,19,22). The van der Waals surface area contributed by atoms with Crippen LogP contribution in [0.1, 0.15) is 38.0 Å². The Kier molecular flexibility index (Phi) is 5.16. The minimum atomic E-state index is -0.327. The van der Waals surface area contributed by atoms with Gasteiger partial charge in [0.25, 0.3) is 0 Å². The third-order valence-electron chi connectivity index (χ3n) is 3.43. The van der Waals surface area contributed by atoms with Crippen molar-refractivity contribution in [2.24, 2.45) is 0 Å². The lowest BCUT2D eigenvalue weighted by molar-refractivity contribution is -0.120. The van der Waals surface area contributed by atoms with Gasteiger partial charge < -0.3 is 14.7 Å². The number of para-hydroxylation sites is 1. The Balaban J connectivity index is 2.19. The van der Waals surface area contributed by atoms with Gasteiger partial charge in [0.15, 0.2) is 5.82 Å². The molecule has 0 spiro atoms. The van der Waals surface area contributed by atoms with Crippen molar-refractivity contribution in [1.29, 1.82) is 0 Å². The maximum absolute atomic E-state index is 12.2. The zero-order chi connectivity index (χ0) is 17.0. The first-order valence-corrected chi connectivity index (χ1v) is 7.48. The molecule has 0 aliphatic carbocycles. The van der Waals surface area contributed by atoms with E-state index in [1.165, 1.54) is 11.8 Å². The first kappa shape index (κ1) is 16.7. The van der Waals surface area contributed by atoms with Crippen LogP contribution in [0.2, 0.25) is 0 Å². The van der Waals surface area contributed by atoms with E-state index in [-0.39, 0.29) is 24.3 Å². The fourth-order valence-corrected chi connectivity index (χ4v) is 2.34. The molecule has 0 bridgehead atoms. The van der Waals surface area contributed by atoms with E-state index in [9.17, 15) is 9.59 Å². The summed E-state index contributed by atoms with van der Waals surface area (Å²) < 4.78 is 4.91. The predicted molar refractivity (Wildman–Crippen MR) is 88.4 cm³/mol. The van der Waals surface area contributed by atoms with Crippen LogP contribution in [0.4, 0.5) is 11.5 Å². The van der Waals surface area contributed by atoms with Gasteiger partial charge in [0.05, 0.1) is 0 Å². The molecule has 2 amide bonds. The van der Waals surface area contributed by atoms with Crippen LogP contribution in [-0.2, 0) is 9.59 Å². The summed E-state index contributed by atoms with van der Waals surface area (Å²) in [7, 11) is 0. The molecule has 122 valence electrons. The van der Waals surface area contributed by atoms with Crippen molar-refractivity contribution >= 4 is 23.3 Å². The SMILES string of the molecule is CC(=O)N(CC(=O)Nc1cc(C)on1)c1ccccc1C(C)C. The van der Waals surface area contributed by atoms with Gasteiger partial charge in [0, 0.05) is 18.7 Å². The van der Waals surface area contributed by atoms with Gasteiger partial charge in [-0.1, -0.05) is 37.2 Å². The highest BCUT2D eigenvalue weighted by Crippen LogP contribution is 2.27. The molecule has 1 N–H and O–H groups in total. The molecule has 1 aromatic carbocycles. The highest BCUT2D eigenvalue weighted by atomic mass is 16.5. The quantitative estimate of drug-likeness (QED) is 0.920. The second kappa shape index (κ2) is 7.09. The number of nitrogens with zero attached hydrogens (tertiary/aromatic N) is 2. The van der Waals surface area contributed by atoms with Crippen molar-refractivity contribution in [1.82, 2.24) is 5.16 Å². The Morgan fingerprint density at radius 3 is 2.57 bits per heavy atom. The highest BCUT2D eigenvalue weighted by Gasteiger charge is 2.20. The molecule has 0 aliphatic heterocycles. The molecule has 0 atom stereocenters.